The van der Waals surface area contributed by atoms with E-state index in [0.29, 0.717) is 24.7 Å². The number of likely N-dealkylation sites (tertiary alicyclic amines) is 1. The first-order chi connectivity index (χ1) is 18.1. The smallest absolute Gasteiger partial charge is 0.299 e. The Morgan fingerprint density at radius 1 is 0.895 bits per heavy atom. The minimum absolute atomic E-state index is 0.134. The third-order valence-electron chi connectivity index (χ3n) is 10.7. The summed E-state index contributed by atoms with van der Waals surface area (Å²) in [7, 11) is 0. The Hall–Kier alpha value is -1.69. The molecule has 2 saturated carbocycles. The van der Waals surface area contributed by atoms with Gasteiger partial charge in [0.2, 0.25) is 0 Å². The van der Waals surface area contributed by atoms with Crippen molar-refractivity contribution in [3.8, 4) is 0 Å². The fourth-order valence-electron chi connectivity index (χ4n) is 8.83. The van der Waals surface area contributed by atoms with Crippen LogP contribution in [-0.4, -0.2) is 30.1 Å². The molecule has 0 bridgehead atoms. The van der Waals surface area contributed by atoms with E-state index in [2.05, 4.69) is 36.1 Å². The van der Waals surface area contributed by atoms with E-state index in [1.165, 1.54) is 61.3 Å². The largest absolute Gasteiger partial charge is 0.453 e. The molecule has 0 amide bonds. The van der Waals surface area contributed by atoms with Crippen molar-refractivity contribution >= 4 is 0 Å². The van der Waals surface area contributed by atoms with Gasteiger partial charge in [-0.1, -0.05) is 55.7 Å². The Labute approximate surface area is 223 Å². The van der Waals surface area contributed by atoms with Crippen LogP contribution in [0.3, 0.4) is 0 Å². The number of hydrogen-bond donors (Lipinski definition) is 0. The maximum atomic E-state index is 14.3. The Kier molecular flexibility index (Phi) is 6.80. The third kappa shape index (κ3) is 4.57. The fraction of sp³-hybridized carbons (Fsp3) is 0.688. The van der Waals surface area contributed by atoms with Gasteiger partial charge in [-0.3, -0.25) is 4.90 Å². The van der Waals surface area contributed by atoms with Crippen LogP contribution < -0.4 is 0 Å². The number of fused-ring (bicyclic) bond motifs is 4. The topological polar surface area (TPSA) is 3.24 Å². The Morgan fingerprint density at radius 3 is 2.34 bits per heavy atom. The quantitative estimate of drug-likeness (QED) is 0.349. The molecule has 1 nitrogen and oxygen atoms in total. The first-order valence-corrected chi connectivity index (χ1v) is 14.8. The van der Waals surface area contributed by atoms with Gasteiger partial charge in [-0.15, -0.1) is 0 Å². The molecule has 6 heteroatoms. The second kappa shape index (κ2) is 9.74. The second-order valence-electron chi connectivity index (χ2n) is 13.0. The lowest BCUT2D eigenvalue weighted by Crippen LogP contribution is -2.44. The first kappa shape index (κ1) is 26.5. The number of hydrogen-bond acceptors (Lipinski definition) is 1. The maximum absolute atomic E-state index is 14.3. The Morgan fingerprint density at radius 2 is 1.63 bits per heavy atom. The molecule has 0 N–H and O–H groups in total. The zero-order valence-corrected chi connectivity index (χ0v) is 22.4. The van der Waals surface area contributed by atoms with Crippen molar-refractivity contribution < 1.29 is 22.0 Å². The summed E-state index contributed by atoms with van der Waals surface area (Å²) >= 11 is 0. The molecule has 0 spiro atoms. The van der Waals surface area contributed by atoms with E-state index in [1.807, 2.05) is 0 Å². The Bertz CT molecular complexity index is 1090. The molecule has 0 aromatic heterocycles. The minimum atomic E-state index is -5.51. The number of halogens is 5. The van der Waals surface area contributed by atoms with Crippen molar-refractivity contribution in [3.05, 3.63) is 58.2 Å². The van der Waals surface area contributed by atoms with Gasteiger partial charge in [0.05, 0.1) is 5.92 Å². The first-order valence-electron chi connectivity index (χ1n) is 14.8. The van der Waals surface area contributed by atoms with Crippen LogP contribution in [0.5, 0.6) is 0 Å². The normalized spacial score (nSPS) is 34.4. The number of allylic oxidation sites excluding steroid dienone is 4. The molecule has 1 aliphatic heterocycles. The van der Waals surface area contributed by atoms with Gasteiger partial charge in [0.25, 0.3) is 0 Å². The molecular formula is C32H40F5N. The van der Waals surface area contributed by atoms with Crippen molar-refractivity contribution in [2.24, 2.45) is 23.2 Å². The summed E-state index contributed by atoms with van der Waals surface area (Å²) in [5.41, 5.74) is 6.15. The van der Waals surface area contributed by atoms with Crippen molar-refractivity contribution in [1.82, 2.24) is 4.90 Å². The lowest BCUT2D eigenvalue weighted by molar-refractivity contribution is -0.297. The van der Waals surface area contributed by atoms with Gasteiger partial charge in [0.15, 0.2) is 0 Å². The molecule has 1 saturated heterocycles. The SMILES string of the molecule is C[C@@]12CCC[C@H]1[C@@H]1CCC3=CC(C(F)(F)C(F)(F)F)CCC3=C1C(c1ccc(CN3CCCCC3)cc1)C2. The number of rotatable bonds is 4. The van der Waals surface area contributed by atoms with Crippen LogP contribution in [0.25, 0.3) is 0 Å². The highest BCUT2D eigenvalue weighted by molar-refractivity contribution is 5.49. The summed E-state index contributed by atoms with van der Waals surface area (Å²) in [6, 6.07) is 9.06. The Balaban J connectivity index is 1.34. The number of benzene rings is 1. The molecule has 38 heavy (non-hydrogen) atoms. The average Bonchev–Trinajstić information content (AvgIpc) is 3.29. The molecule has 5 aliphatic rings. The highest BCUT2D eigenvalue weighted by atomic mass is 19.4. The molecule has 0 radical (unpaired) electrons. The van der Waals surface area contributed by atoms with Crippen molar-refractivity contribution in [1.29, 1.82) is 0 Å². The van der Waals surface area contributed by atoms with E-state index in [-0.39, 0.29) is 17.8 Å². The maximum Gasteiger partial charge on any atom is 0.453 e. The van der Waals surface area contributed by atoms with Gasteiger partial charge in [0.1, 0.15) is 0 Å². The van der Waals surface area contributed by atoms with Gasteiger partial charge in [-0.2, -0.15) is 22.0 Å². The molecule has 1 aromatic carbocycles. The predicted octanol–water partition coefficient (Wildman–Crippen LogP) is 9.21. The molecule has 208 valence electrons. The van der Waals surface area contributed by atoms with Gasteiger partial charge >= 0.3 is 12.1 Å². The average molecular weight is 534 g/mol. The molecule has 1 aromatic rings. The lowest BCUT2D eigenvalue weighted by Gasteiger charge is -2.51. The highest BCUT2D eigenvalue weighted by Gasteiger charge is 2.62. The summed E-state index contributed by atoms with van der Waals surface area (Å²) < 4.78 is 68.1. The van der Waals surface area contributed by atoms with E-state index in [1.54, 1.807) is 0 Å². The zero-order chi connectivity index (χ0) is 26.7. The monoisotopic (exact) mass is 533 g/mol. The molecule has 2 unspecified atom stereocenters. The van der Waals surface area contributed by atoms with Crippen molar-refractivity contribution in [3.63, 3.8) is 0 Å². The summed E-state index contributed by atoms with van der Waals surface area (Å²) in [4.78, 5) is 2.53. The summed E-state index contributed by atoms with van der Waals surface area (Å²) in [6.07, 6.45) is 6.05. The van der Waals surface area contributed by atoms with Crippen LogP contribution >= 0.6 is 0 Å². The second-order valence-corrected chi connectivity index (χ2v) is 13.0. The number of nitrogens with zero attached hydrogens (tertiary/aromatic N) is 1. The molecular weight excluding hydrogens is 493 g/mol. The van der Waals surface area contributed by atoms with E-state index in [4.69, 9.17) is 0 Å². The van der Waals surface area contributed by atoms with Crippen LogP contribution in [0.15, 0.2) is 47.1 Å². The number of piperidine rings is 1. The molecule has 6 rings (SSSR count). The molecule has 5 atom stereocenters. The number of alkyl halides is 5. The minimum Gasteiger partial charge on any atom is -0.299 e. The van der Waals surface area contributed by atoms with Crippen LogP contribution in [0.4, 0.5) is 22.0 Å². The summed E-state index contributed by atoms with van der Waals surface area (Å²) in [6.45, 7) is 5.73. The lowest BCUT2D eigenvalue weighted by atomic mass is 9.53. The molecule has 1 heterocycles. The standard InChI is InChI=1S/C32H40F5N/c1-30-15-5-6-28(30)26-13-11-23-18-24(31(33,34)32(35,36)37)12-14-25(23)29(26)27(19-30)22-9-7-21(8-10-22)20-38-16-3-2-4-17-38/h7-10,18,24,26-28H,2-6,11-17,19-20H2,1H3/t24?,26-,27?,28-,30-/m0/s1. The van der Waals surface area contributed by atoms with Crippen molar-refractivity contribution in [2.45, 2.75) is 102 Å². The molecule has 4 aliphatic carbocycles. The van der Waals surface area contributed by atoms with Gasteiger partial charge < -0.3 is 0 Å². The van der Waals surface area contributed by atoms with E-state index < -0.39 is 18.0 Å². The van der Waals surface area contributed by atoms with Crippen LogP contribution in [-0.2, 0) is 6.54 Å². The zero-order valence-electron chi connectivity index (χ0n) is 22.4. The van der Waals surface area contributed by atoms with Crippen LogP contribution in [0.1, 0.15) is 94.6 Å². The van der Waals surface area contributed by atoms with Crippen LogP contribution in [0.2, 0.25) is 0 Å². The summed E-state index contributed by atoms with van der Waals surface area (Å²) in [5.74, 6) is -5.20. The van der Waals surface area contributed by atoms with E-state index in [9.17, 15) is 22.0 Å². The van der Waals surface area contributed by atoms with Gasteiger partial charge in [0, 0.05) is 12.5 Å². The van der Waals surface area contributed by atoms with Crippen LogP contribution in [0, 0.1) is 23.2 Å². The fourth-order valence-corrected chi connectivity index (χ4v) is 8.83. The highest BCUT2D eigenvalue weighted by Crippen LogP contribution is 2.64. The summed E-state index contributed by atoms with van der Waals surface area (Å²) in [5, 5.41) is 0. The predicted molar refractivity (Wildman–Crippen MR) is 140 cm³/mol. The van der Waals surface area contributed by atoms with E-state index >= 15 is 0 Å². The van der Waals surface area contributed by atoms with E-state index in [0.717, 1.165) is 43.6 Å². The third-order valence-corrected chi connectivity index (χ3v) is 10.7. The molecule has 3 fully saturated rings. The van der Waals surface area contributed by atoms with Gasteiger partial charge in [-0.25, -0.2) is 0 Å². The van der Waals surface area contributed by atoms with Crippen molar-refractivity contribution in [2.75, 3.05) is 13.1 Å². The van der Waals surface area contributed by atoms with Gasteiger partial charge in [-0.05, 0) is 110 Å².